The Morgan fingerprint density at radius 2 is 2.08 bits per heavy atom. The molecule has 0 saturated heterocycles. The third-order valence-electron chi connectivity index (χ3n) is 3.06. The van der Waals surface area contributed by atoms with E-state index in [1.54, 1.807) is 12.1 Å². The van der Waals surface area contributed by atoms with E-state index in [4.69, 9.17) is 16.3 Å². The zero-order valence-electron chi connectivity index (χ0n) is 12.7. The van der Waals surface area contributed by atoms with Crippen molar-refractivity contribution in [3.8, 4) is 0 Å². The Morgan fingerprint density at radius 3 is 2.75 bits per heavy atom. The number of anilines is 1. The summed E-state index contributed by atoms with van der Waals surface area (Å²) in [6, 6.07) is 8.20. The third kappa shape index (κ3) is 4.66. The van der Waals surface area contributed by atoms with E-state index >= 15 is 0 Å². The molecule has 0 saturated carbocycles. The average Bonchev–Trinajstić information content (AvgIpc) is 2.52. The average molecular weight is 353 g/mol. The van der Waals surface area contributed by atoms with Crippen LogP contribution in [0.1, 0.15) is 6.92 Å². The van der Waals surface area contributed by atoms with Gasteiger partial charge >= 0.3 is 5.97 Å². The van der Waals surface area contributed by atoms with Gasteiger partial charge in [-0.3, -0.25) is 14.4 Å². The molecule has 0 aliphatic rings. The summed E-state index contributed by atoms with van der Waals surface area (Å²) in [5.74, 6) is -2.17. The molecule has 6 nitrogen and oxygen atoms in total. The summed E-state index contributed by atoms with van der Waals surface area (Å²) in [4.78, 5) is 35.2. The minimum absolute atomic E-state index is 0.0772. The monoisotopic (exact) mass is 352 g/mol. The number of aromatic nitrogens is 1. The first-order valence-corrected chi connectivity index (χ1v) is 7.35. The second-order valence-corrected chi connectivity index (χ2v) is 5.35. The van der Waals surface area contributed by atoms with Gasteiger partial charge in [-0.25, -0.2) is 4.39 Å². The number of carbonyl (C=O) groups is 2. The van der Waals surface area contributed by atoms with E-state index in [-0.39, 0.29) is 22.8 Å². The highest BCUT2D eigenvalue weighted by molar-refractivity contribution is 6.30. The highest BCUT2D eigenvalue weighted by Gasteiger charge is 2.19. The number of carbonyl (C=O) groups excluding carboxylic acids is 2. The van der Waals surface area contributed by atoms with Crippen molar-refractivity contribution in [2.75, 3.05) is 5.32 Å². The minimum Gasteiger partial charge on any atom is -0.451 e. The Balaban J connectivity index is 1.94. The Bertz CT molecular complexity index is 822. The number of hydrogen-bond donors (Lipinski definition) is 1. The van der Waals surface area contributed by atoms with Crippen molar-refractivity contribution in [3.63, 3.8) is 0 Å². The van der Waals surface area contributed by atoms with Crippen molar-refractivity contribution in [2.45, 2.75) is 19.6 Å². The summed E-state index contributed by atoms with van der Waals surface area (Å²) >= 11 is 5.62. The van der Waals surface area contributed by atoms with Crippen LogP contribution in [0, 0.1) is 5.82 Å². The van der Waals surface area contributed by atoms with Crippen molar-refractivity contribution in [1.82, 2.24) is 4.57 Å². The van der Waals surface area contributed by atoms with Crippen LogP contribution in [0.5, 0.6) is 0 Å². The molecule has 24 heavy (non-hydrogen) atoms. The van der Waals surface area contributed by atoms with Gasteiger partial charge in [0.2, 0.25) is 0 Å². The quantitative estimate of drug-likeness (QED) is 0.837. The fraction of sp³-hybridized carbons (Fsp3) is 0.188. The van der Waals surface area contributed by atoms with Crippen LogP contribution in [0.3, 0.4) is 0 Å². The highest BCUT2D eigenvalue weighted by atomic mass is 35.5. The van der Waals surface area contributed by atoms with Gasteiger partial charge in [-0.15, -0.1) is 0 Å². The van der Waals surface area contributed by atoms with Crippen molar-refractivity contribution in [1.29, 1.82) is 0 Å². The molecule has 8 heteroatoms. The van der Waals surface area contributed by atoms with Gasteiger partial charge in [-0.2, -0.15) is 0 Å². The molecule has 1 aromatic heterocycles. The summed E-state index contributed by atoms with van der Waals surface area (Å²) in [7, 11) is 0. The van der Waals surface area contributed by atoms with Crippen LogP contribution in [0.2, 0.25) is 5.02 Å². The lowest BCUT2D eigenvalue weighted by Gasteiger charge is -2.14. The highest BCUT2D eigenvalue weighted by Crippen LogP contribution is 2.19. The number of esters is 1. The summed E-state index contributed by atoms with van der Waals surface area (Å²) in [5, 5.41) is 2.49. The van der Waals surface area contributed by atoms with Crippen molar-refractivity contribution in [3.05, 3.63) is 63.8 Å². The molecule has 1 atom stereocenters. The van der Waals surface area contributed by atoms with E-state index in [2.05, 4.69) is 5.32 Å². The van der Waals surface area contributed by atoms with Gasteiger partial charge in [0.1, 0.15) is 12.4 Å². The van der Waals surface area contributed by atoms with Gasteiger partial charge in [-0.05, 0) is 31.2 Å². The molecule has 2 rings (SSSR count). The van der Waals surface area contributed by atoms with Crippen LogP contribution >= 0.6 is 11.6 Å². The number of amides is 1. The van der Waals surface area contributed by atoms with E-state index in [9.17, 15) is 18.8 Å². The summed E-state index contributed by atoms with van der Waals surface area (Å²) in [5.41, 5.74) is -0.443. The molecule has 0 aliphatic carbocycles. The molecule has 1 aromatic carbocycles. The lowest BCUT2D eigenvalue weighted by Crippen LogP contribution is -2.32. The SMILES string of the molecule is C[C@@H](OC(=O)Cn1ccccc1=O)C(=O)Nc1ccc(Cl)cc1F. The molecule has 2 aromatic rings. The Morgan fingerprint density at radius 1 is 1.33 bits per heavy atom. The number of nitrogens with zero attached hydrogens (tertiary/aromatic N) is 1. The van der Waals surface area contributed by atoms with Crippen LogP contribution in [0.25, 0.3) is 0 Å². The zero-order valence-corrected chi connectivity index (χ0v) is 13.4. The van der Waals surface area contributed by atoms with Crippen LogP contribution in [0.15, 0.2) is 47.4 Å². The lowest BCUT2D eigenvalue weighted by atomic mass is 10.3. The predicted molar refractivity (Wildman–Crippen MR) is 86.3 cm³/mol. The minimum atomic E-state index is -1.16. The first-order chi connectivity index (χ1) is 11.4. The normalized spacial score (nSPS) is 11.6. The number of nitrogens with one attached hydrogen (secondary N) is 1. The topological polar surface area (TPSA) is 77.4 Å². The summed E-state index contributed by atoms with van der Waals surface area (Å²) in [6.45, 7) is 1.02. The van der Waals surface area contributed by atoms with Gasteiger partial charge in [0, 0.05) is 17.3 Å². The van der Waals surface area contributed by atoms with E-state index in [1.165, 1.54) is 31.3 Å². The first kappa shape index (κ1) is 17.7. The van der Waals surface area contributed by atoms with Crippen molar-refractivity contribution >= 4 is 29.2 Å². The molecule has 1 amide bonds. The number of rotatable bonds is 5. The largest absolute Gasteiger partial charge is 0.451 e. The molecule has 0 fully saturated rings. The molecular weight excluding hydrogens is 339 g/mol. The van der Waals surface area contributed by atoms with Crippen LogP contribution in [0.4, 0.5) is 10.1 Å². The van der Waals surface area contributed by atoms with Crippen molar-refractivity contribution in [2.24, 2.45) is 0 Å². The second kappa shape index (κ2) is 7.74. The molecule has 0 unspecified atom stereocenters. The maximum atomic E-state index is 13.6. The van der Waals surface area contributed by atoms with Gasteiger partial charge in [-0.1, -0.05) is 17.7 Å². The smallest absolute Gasteiger partial charge is 0.326 e. The number of pyridine rings is 1. The maximum absolute atomic E-state index is 13.6. The molecule has 126 valence electrons. The van der Waals surface area contributed by atoms with E-state index in [0.29, 0.717) is 0 Å². The van der Waals surface area contributed by atoms with Gasteiger partial charge in [0.05, 0.1) is 5.69 Å². The number of hydrogen-bond acceptors (Lipinski definition) is 4. The van der Waals surface area contributed by atoms with Gasteiger partial charge in [0.25, 0.3) is 11.5 Å². The van der Waals surface area contributed by atoms with Crippen LogP contribution < -0.4 is 10.9 Å². The zero-order chi connectivity index (χ0) is 17.7. The molecule has 0 aliphatic heterocycles. The van der Waals surface area contributed by atoms with E-state index in [0.717, 1.165) is 10.6 Å². The van der Waals surface area contributed by atoms with Crippen molar-refractivity contribution < 1.29 is 18.7 Å². The van der Waals surface area contributed by atoms with E-state index < -0.39 is 23.8 Å². The fourth-order valence-electron chi connectivity index (χ4n) is 1.84. The maximum Gasteiger partial charge on any atom is 0.326 e. The third-order valence-corrected chi connectivity index (χ3v) is 3.30. The van der Waals surface area contributed by atoms with Crippen LogP contribution in [-0.2, 0) is 20.9 Å². The standard InChI is InChI=1S/C16H14ClFN2O4/c1-10(16(23)19-13-6-5-11(17)8-12(13)18)24-15(22)9-20-7-3-2-4-14(20)21/h2-8,10H,9H2,1H3,(H,19,23)/t10-/m1/s1. The van der Waals surface area contributed by atoms with Gasteiger partial charge in [0.15, 0.2) is 6.10 Å². The molecule has 0 spiro atoms. The van der Waals surface area contributed by atoms with Gasteiger partial charge < -0.3 is 14.6 Å². The summed E-state index contributed by atoms with van der Waals surface area (Å²) < 4.78 is 19.7. The molecule has 1 heterocycles. The van der Waals surface area contributed by atoms with Crippen LogP contribution in [-0.4, -0.2) is 22.5 Å². The Labute approximate surface area is 141 Å². The number of benzene rings is 1. The van der Waals surface area contributed by atoms with E-state index in [1.807, 2.05) is 0 Å². The number of halogens is 2. The molecule has 1 N–H and O–H groups in total. The lowest BCUT2D eigenvalue weighted by molar-refractivity contribution is -0.153. The summed E-state index contributed by atoms with van der Waals surface area (Å²) in [6.07, 6.45) is 0.268. The molecular formula is C16H14ClFN2O4. The number of ether oxygens (including phenoxy) is 1. The Hall–Kier alpha value is -2.67. The molecule has 0 radical (unpaired) electrons. The predicted octanol–water partition coefficient (Wildman–Crippen LogP) is 2.21. The fourth-order valence-corrected chi connectivity index (χ4v) is 2.00. The first-order valence-electron chi connectivity index (χ1n) is 6.97. The molecule has 0 bridgehead atoms. The second-order valence-electron chi connectivity index (χ2n) is 4.91. The Kier molecular flexibility index (Phi) is 5.70.